The normalized spacial score (nSPS) is 36.9. The van der Waals surface area contributed by atoms with Gasteiger partial charge in [0.05, 0.1) is 5.41 Å². The summed E-state index contributed by atoms with van der Waals surface area (Å²) in [7, 11) is -7.67. The summed E-state index contributed by atoms with van der Waals surface area (Å²) in [5.41, 5.74) is 0. The predicted octanol–water partition coefficient (Wildman–Crippen LogP) is -0.665. The van der Waals surface area contributed by atoms with Crippen molar-refractivity contribution in [1.29, 1.82) is 0 Å². The van der Waals surface area contributed by atoms with E-state index >= 15 is 0 Å². The van der Waals surface area contributed by atoms with Crippen LogP contribution in [-0.2, 0) is 23.8 Å². The maximum absolute atomic E-state index is 10.5. The lowest BCUT2D eigenvalue weighted by Gasteiger charge is -2.04. The first kappa shape index (κ1) is 7.73. The highest BCUT2D eigenvalue weighted by Gasteiger charge is 2.16. The van der Waals surface area contributed by atoms with Crippen molar-refractivity contribution in [2.24, 2.45) is 0 Å². The molecule has 0 fully saturated rings. The van der Waals surface area contributed by atoms with Crippen LogP contribution in [0.3, 0.4) is 0 Å². The van der Waals surface area contributed by atoms with Gasteiger partial charge in [-0.1, -0.05) is 0 Å². The Morgan fingerprint density at radius 2 is 1.90 bits per heavy atom. The Bertz CT molecular complexity index is 366. The van der Waals surface area contributed by atoms with Gasteiger partial charge in [0.15, 0.2) is 0 Å². The Morgan fingerprint density at radius 3 is 2.20 bits per heavy atom. The Morgan fingerprint density at radius 1 is 1.30 bits per heavy atom. The number of hydrogen-bond acceptors (Lipinski definition) is 4. The lowest BCUT2D eigenvalue weighted by molar-refractivity contribution is 0.443. The van der Waals surface area contributed by atoms with Crippen LogP contribution in [0.4, 0.5) is 0 Å². The van der Waals surface area contributed by atoms with Crippen molar-refractivity contribution < 1.29 is 20.8 Å². The van der Waals surface area contributed by atoms with E-state index in [0.717, 1.165) is 11.4 Å². The standard InChI is InChI=1S/C3H4O5S2/c4-9(5)2-1-3-10(6,7)8-9/h1-3H,(H,4,5). The molecule has 1 aliphatic heterocycles. The second-order valence-electron chi connectivity index (χ2n) is 1.54. The van der Waals surface area contributed by atoms with Crippen LogP contribution in [0, 0.1) is 0 Å². The minimum Gasteiger partial charge on any atom is -0.293 e. The highest BCUT2D eigenvalue weighted by molar-refractivity contribution is 8.04. The van der Waals surface area contributed by atoms with Crippen LogP contribution in [0.25, 0.3) is 0 Å². The molecule has 0 saturated heterocycles. The van der Waals surface area contributed by atoms with Crippen molar-refractivity contribution in [3.05, 3.63) is 11.5 Å². The monoisotopic (exact) mass is 184 g/mol. The minimum absolute atomic E-state index is 0.701. The van der Waals surface area contributed by atoms with E-state index in [2.05, 4.69) is 3.63 Å². The second kappa shape index (κ2) is 2.06. The molecule has 0 aromatic rings. The second-order valence-corrected chi connectivity index (χ2v) is 4.64. The quantitative estimate of drug-likeness (QED) is 0.505. The molecule has 1 atom stereocenters. The summed E-state index contributed by atoms with van der Waals surface area (Å²) in [5, 5.41) is 1.47. The first-order valence-electron chi connectivity index (χ1n) is 2.15. The molecule has 1 aliphatic rings. The number of allylic oxidation sites excluding steroid dienone is 1. The number of hydrogen-bond donors (Lipinski definition) is 1. The summed E-state index contributed by atoms with van der Waals surface area (Å²) < 4.78 is 43.6. The van der Waals surface area contributed by atoms with Gasteiger partial charge in [0, 0.05) is 5.37 Å². The van der Waals surface area contributed by atoms with Gasteiger partial charge in [-0.15, -0.1) is 0 Å². The van der Waals surface area contributed by atoms with Crippen molar-refractivity contribution >= 4 is 25.6 Å². The zero-order valence-electron chi connectivity index (χ0n) is 4.63. The van der Waals surface area contributed by atoms with Gasteiger partial charge >= 0.3 is 10.1 Å². The molecule has 1 rings (SSSR count). The third kappa shape index (κ3) is 1.81. The maximum Gasteiger partial charge on any atom is 0.304 e. The fourth-order valence-corrected chi connectivity index (χ4v) is 2.51. The Hall–Kier alpha value is -0.370. The summed E-state index contributed by atoms with van der Waals surface area (Å²) in [5.74, 6) is 0. The molecule has 0 aromatic heterocycles. The molecule has 0 spiro atoms. The Balaban J connectivity index is 3.26. The van der Waals surface area contributed by atoms with Gasteiger partial charge in [0.25, 0.3) is 0 Å². The molecule has 5 nitrogen and oxygen atoms in total. The molecule has 1 unspecified atom stereocenters. The summed E-state index contributed by atoms with van der Waals surface area (Å²) in [6.45, 7) is 0. The zero-order chi connectivity index (χ0) is 7.83. The van der Waals surface area contributed by atoms with Crippen molar-refractivity contribution in [1.82, 2.24) is 0 Å². The van der Waals surface area contributed by atoms with Gasteiger partial charge in [-0.2, -0.15) is 12.0 Å². The van der Waals surface area contributed by atoms with Crippen LogP contribution < -0.4 is 0 Å². The Labute approximate surface area is 58.5 Å². The van der Waals surface area contributed by atoms with E-state index < -0.39 is 20.2 Å². The van der Waals surface area contributed by atoms with E-state index in [4.69, 9.17) is 4.55 Å². The molecule has 0 bridgehead atoms. The fraction of sp³-hybridized carbons (Fsp3) is 0. The lowest BCUT2D eigenvalue weighted by atomic mass is 10.8. The van der Waals surface area contributed by atoms with Gasteiger partial charge in [-0.3, -0.25) is 4.55 Å². The van der Waals surface area contributed by atoms with Crippen LogP contribution in [0.2, 0.25) is 0 Å². The maximum atomic E-state index is 10.5. The summed E-state index contributed by atoms with van der Waals surface area (Å²) >= 11 is 0. The van der Waals surface area contributed by atoms with E-state index in [-0.39, 0.29) is 0 Å². The molecular formula is C3H4O5S2. The average Bonchev–Trinajstić information content (AvgIpc) is 1.56. The van der Waals surface area contributed by atoms with Crippen LogP contribution in [0.1, 0.15) is 0 Å². The zero-order valence-corrected chi connectivity index (χ0v) is 6.26. The largest absolute Gasteiger partial charge is 0.304 e. The first-order valence-corrected chi connectivity index (χ1v) is 5.13. The van der Waals surface area contributed by atoms with Crippen LogP contribution in [0.15, 0.2) is 11.5 Å². The van der Waals surface area contributed by atoms with Gasteiger partial charge in [-0.25, -0.2) is 4.21 Å². The van der Waals surface area contributed by atoms with Crippen LogP contribution in [0.5, 0.6) is 0 Å². The minimum atomic E-state index is -3.93. The molecule has 0 amide bonds. The van der Waals surface area contributed by atoms with E-state index in [1.807, 2.05) is 0 Å². The van der Waals surface area contributed by atoms with Gasteiger partial charge in [0.1, 0.15) is 0 Å². The average molecular weight is 184 g/mol. The van der Waals surface area contributed by atoms with Crippen molar-refractivity contribution in [3.63, 3.8) is 0 Å². The summed E-state index contributed by atoms with van der Waals surface area (Å²) in [6.07, 6.45) is 0.959. The van der Waals surface area contributed by atoms with Crippen molar-refractivity contribution in [2.75, 3.05) is 0 Å². The molecule has 1 N–H and O–H groups in total. The van der Waals surface area contributed by atoms with Crippen LogP contribution >= 0.6 is 0 Å². The molecular weight excluding hydrogens is 180 g/mol. The SMILES string of the molecule is O=S1(=O)C=CC=S(=O)(O)O1. The molecule has 1 heterocycles. The van der Waals surface area contributed by atoms with E-state index in [9.17, 15) is 12.6 Å². The molecule has 0 aliphatic carbocycles. The first-order chi connectivity index (χ1) is 4.41. The lowest BCUT2D eigenvalue weighted by Crippen LogP contribution is -2.15. The fourth-order valence-electron chi connectivity index (χ4n) is 0.409. The molecule has 7 heteroatoms. The molecule has 0 radical (unpaired) electrons. The predicted molar refractivity (Wildman–Crippen MR) is 36.0 cm³/mol. The van der Waals surface area contributed by atoms with Crippen molar-refractivity contribution in [2.45, 2.75) is 0 Å². The third-order valence-corrected chi connectivity index (χ3v) is 3.22. The number of rotatable bonds is 0. The van der Waals surface area contributed by atoms with Gasteiger partial charge in [0.2, 0.25) is 10.1 Å². The molecule has 10 heavy (non-hydrogen) atoms. The third-order valence-electron chi connectivity index (χ3n) is 0.688. The van der Waals surface area contributed by atoms with Crippen molar-refractivity contribution in [3.8, 4) is 0 Å². The smallest absolute Gasteiger partial charge is 0.293 e. The van der Waals surface area contributed by atoms with Gasteiger partial charge in [-0.05, 0) is 6.08 Å². The molecule has 58 valence electrons. The Kier molecular flexibility index (Phi) is 1.59. The van der Waals surface area contributed by atoms with E-state index in [1.165, 1.54) is 0 Å². The van der Waals surface area contributed by atoms with Crippen LogP contribution in [-0.4, -0.2) is 22.5 Å². The molecule has 0 saturated carbocycles. The summed E-state index contributed by atoms with van der Waals surface area (Å²) in [6, 6.07) is 0. The topological polar surface area (TPSA) is 80.7 Å². The van der Waals surface area contributed by atoms with E-state index in [1.54, 1.807) is 0 Å². The molecule has 0 aromatic carbocycles. The highest BCUT2D eigenvalue weighted by Crippen LogP contribution is 2.05. The highest BCUT2D eigenvalue weighted by atomic mass is 32.3. The van der Waals surface area contributed by atoms with Gasteiger partial charge < -0.3 is 0 Å². The summed E-state index contributed by atoms with van der Waals surface area (Å²) in [4.78, 5) is 0. The van der Waals surface area contributed by atoms with E-state index in [0.29, 0.717) is 5.41 Å².